The van der Waals surface area contributed by atoms with Gasteiger partial charge in [-0.1, -0.05) is 59.1 Å². The second-order valence-electron chi connectivity index (χ2n) is 7.79. The summed E-state index contributed by atoms with van der Waals surface area (Å²) in [6.45, 7) is -1.68. The van der Waals surface area contributed by atoms with E-state index in [2.05, 4.69) is 0 Å². The van der Waals surface area contributed by atoms with Crippen molar-refractivity contribution in [3.8, 4) is 0 Å². The topological polar surface area (TPSA) is 46.2 Å². The van der Waals surface area contributed by atoms with E-state index in [9.17, 15) is 49.1 Å². The summed E-state index contributed by atoms with van der Waals surface area (Å²) >= 11 is 17.3. The molecule has 0 fully saturated rings. The van der Waals surface area contributed by atoms with Crippen LogP contribution in [0.5, 0.6) is 0 Å². The van der Waals surface area contributed by atoms with Crippen molar-refractivity contribution in [2.24, 2.45) is 0 Å². The predicted molar refractivity (Wildman–Crippen MR) is 123 cm³/mol. The monoisotopic (exact) mass is 613 g/mol. The van der Waals surface area contributed by atoms with Gasteiger partial charge in [0.05, 0.1) is 26.5 Å². The Bertz CT molecular complexity index is 1200. The largest absolute Gasteiger partial charge is 0.417 e. The first-order valence-corrected chi connectivity index (χ1v) is 11.4. The molecule has 38 heavy (non-hydrogen) atoms. The van der Waals surface area contributed by atoms with E-state index in [0.717, 1.165) is 24.3 Å². The number of carbonyl (C=O) groups excluding carboxylic acids is 2. The van der Waals surface area contributed by atoms with Gasteiger partial charge in [-0.15, -0.1) is 0 Å². The van der Waals surface area contributed by atoms with Gasteiger partial charge in [0.15, 0.2) is 5.78 Å². The molecule has 0 aliphatic rings. The van der Waals surface area contributed by atoms with Gasteiger partial charge in [-0.05, 0) is 29.3 Å². The number of carbonyl (C=O) groups is 2. The number of Topliss-reactive ketones (excluding diaryl/α,β-unsaturated/α-hetero) is 1. The van der Waals surface area contributed by atoms with Crippen LogP contribution in [0.4, 0.5) is 39.5 Å². The molecule has 0 aliphatic carbocycles. The fraction of sp³-hybridized carbons (Fsp3) is 0.304. The van der Waals surface area contributed by atoms with Crippen LogP contribution in [0, 0.1) is 0 Å². The Labute approximate surface area is 224 Å². The standard InChI is InChI=1S/C23H15Cl3F9NO2/c24-16-8-12(9-17(25)20(16)26)14(22(30,31)32)4-2-11-1-3-13(15(7-11)23(33,34)35)18(37)5-6-19(38)36-10-21(27,28)29/h1-4,7-9,14H,5-6,10H2,(H,36,38)/b4-2+. The van der Waals surface area contributed by atoms with E-state index in [1.165, 1.54) is 5.32 Å². The third-order valence-electron chi connectivity index (χ3n) is 4.91. The molecule has 1 atom stereocenters. The van der Waals surface area contributed by atoms with Crippen molar-refractivity contribution in [1.82, 2.24) is 5.32 Å². The molecule has 2 rings (SSSR count). The van der Waals surface area contributed by atoms with Crippen LogP contribution in [-0.4, -0.2) is 30.6 Å². The Balaban J connectivity index is 2.33. The van der Waals surface area contributed by atoms with Crippen LogP contribution in [0.3, 0.4) is 0 Å². The number of alkyl halides is 9. The predicted octanol–water partition coefficient (Wildman–Crippen LogP) is 8.67. The average Bonchev–Trinajstić information content (AvgIpc) is 2.77. The fourth-order valence-electron chi connectivity index (χ4n) is 3.16. The molecule has 0 saturated carbocycles. The van der Waals surface area contributed by atoms with Crippen LogP contribution >= 0.6 is 34.8 Å². The molecule has 2 aromatic rings. The molecule has 1 N–H and O–H groups in total. The van der Waals surface area contributed by atoms with E-state index in [-0.39, 0.29) is 20.6 Å². The summed E-state index contributed by atoms with van der Waals surface area (Å²) in [5, 5.41) is 0.754. The Kier molecular flexibility index (Phi) is 10.2. The number of benzene rings is 2. The normalized spacial score (nSPS) is 13.6. The molecule has 0 bridgehead atoms. The minimum atomic E-state index is -5.12. The number of hydrogen-bond donors (Lipinski definition) is 1. The van der Waals surface area contributed by atoms with Crippen LogP contribution in [0.25, 0.3) is 6.08 Å². The third-order valence-corrected chi connectivity index (χ3v) is 6.11. The Hall–Kier alpha value is -2.44. The molecule has 1 amide bonds. The molecule has 3 nitrogen and oxygen atoms in total. The summed E-state index contributed by atoms with van der Waals surface area (Å²) in [5.41, 5.74) is -3.18. The lowest BCUT2D eigenvalue weighted by molar-refractivity contribution is -0.139. The van der Waals surface area contributed by atoms with Gasteiger partial charge in [0, 0.05) is 18.4 Å². The molecule has 15 heteroatoms. The van der Waals surface area contributed by atoms with Gasteiger partial charge in [-0.3, -0.25) is 9.59 Å². The molecule has 0 radical (unpaired) electrons. The molecule has 2 aromatic carbocycles. The van der Waals surface area contributed by atoms with Crippen molar-refractivity contribution in [2.45, 2.75) is 37.3 Å². The van der Waals surface area contributed by atoms with Gasteiger partial charge in [-0.25, -0.2) is 0 Å². The molecule has 0 heterocycles. The molecule has 208 valence electrons. The maximum atomic E-state index is 13.7. The smallest absolute Gasteiger partial charge is 0.347 e. The van der Waals surface area contributed by atoms with Crippen molar-refractivity contribution in [3.63, 3.8) is 0 Å². The molecule has 1 unspecified atom stereocenters. The number of rotatable bonds is 8. The van der Waals surface area contributed by atoms with Gasteiger partial charge < -0.3 is 5.32 Å². The van der Waals surface area contributed by atoms with Crippen LogP contribution in [-0.2, 0) is 11.0 Å². The lowest BCUT2D eigenvalue weighted by atomic mass is 9.95. The number of nitrogens with one attached hydrogen (secondary N) is 1. The number of hydrogen-bond acceptors (Lipinski definition) is 2. The molecule has 0 aliphatic heterocycles. The second-order valence-corrected chi connectivity index (χ2v) is 8.99. The zero-order valence-corrected chi connectivity index (χ0v) is 20.9. The number of allylic oxidation sites excluding steroid dienone is 1. The second kappa shape index (κ2) is 12.2. The van der Waals surface area contributed by atoms with Crippen molar-refractivity contribution < 1.29 is 49.1 Å². The number of ketones is 1. The van der Waals surface area contributed by atoms with E-state index in [4.69, 9.17) is 34.8 Å². The van der Waals surface area contributed by atoms with Crippen LogP contribution < -0.4 is 5.32 Å². The Morgan fingerprint density at radius 1 is 0.868 bits per heavy atom. The first-order chi connectivity index (χ1) is 17.3. The lowest BCUT2D eigenvalue weighted by Crippen LogP contribution is -2.33. The number of amides is 1. The lowest BCUT2D eigenvalue weighted by Gasteiger charge is -2.18. The Morgan fingerprint density at radius 2 is 1.45 bits per heavy atom. The van der Waals surface area contributed by atoms with Crippen molar-refractivity contribution >= 4 is 52.6 Å². The molecule has 0 saturated heterocycles. The van der Waals surface area contributed by atoms with Crippen molar-refractivity contribution in [2.75, 3.05) is 6.54 Å². The fourth-order valence-corrected chi connectivity index (χ4v) is 3.78. The highest BCUT2D eigenvalue weighted by molar-refractivity contribution is 6.48. The van der Waals surface area contributed by atoms with E-state index in [1.807, 2.05) is 0 Å². The average molecular weight is 615 g/mol. The summed E-state index contributed by atoms with van der Waals surface area (Å²) < 4.78 is 118. The van der Waals surface area contributed by atoms with Gasteiger partial charge in [0.25, 0.3) is 0 Å². The first-order valence-electron chi connectivity index (χ1n) is 10.3. The Morgan fingerprint density at radius 3 is 1.95 bits per heavy atom. The zero-order chi connectivity index (χ0) is 29.1. The highest BCUT2D eigenvalue weighted by atomic mass is 35.5. The molecule has 0 spiro atoms. The van der Waals surface area contributed by atoms with Crippen LogP contribution in [0.2, 0.25) is 15.1 Å². The quantitative estimate of drug-likeness (QED) is 0.184. The molecule has 0 aromatic heterocycles. The van der Waals surface area contributed by atoms with E-state index < -0.39 is 72.2 Å². The maximum absolute atomic E-state index is 13.7. The number of halogens is 12. The van der Waals surface area contributed by atoms with Gasteiger partial charge in [0.1, 0.15) is 6.54 Å². The van der Waals surface area contributed by atoms with Gasteiger partial charge >= 0.3 is 18.5 Å². The van der Waals surface area contributed by atoms with Crippen molar-refractivity contribution in [3.05, 3.63) is 73.7 Å². The first kappa shape index (κ1) is 31.8. The van der Waals surface area contributed by atoms with E-state index in [1.54, 1.807) is 0 Å². The van der Waals surface area contributed by atoms with Gasteiger partial charge in [0.2, 0.25) is 5.91 Å². The highest BCUT2D eigenvalue weighted by Gasteiger charge is 2.40. The SMILES string of the molecule is O=C(CCC(=O)c1ccc(/C=C/C(c2cc(Cl)c(Cl)c(Cl)c2)C(F)(F)F)cc1C(F)(F)F)NCC(F)(F)F. The van der Waals surface area contributed by atoms with Crippen LogP contribution in [0.1, 0.15) is 45.8 Å². The summed E-state index contributed by atoms with van der Waals surface area (Å²) in [6.07, 6.45) is -15.1. The summed E-state index contributed by atoms with van der Waals surface area (Å²) in [7, 11) is 0. The summed E-state index contributed by atoms with van der Waals surface area (Å²) in [4.78, 5) is 23.8. The minimum Gasteiger partial charge on any atom is -0.347 e. The summed E-state index contributed by atoms with van der Waals surface area (Å²) in [5.74, 6) is -4.74. The zero-order valence-electron chi connectivity index (χ0n) is 18.6. The highest BCUT2D eigenvalue weighted by Crippen LogP contribution is 2.41. The van der Waals surface area contributed by atoms with E-state index >= 15 is 0 Å². The van der Waals surface area contributed by atoms with Crippen molar-refractivity contribution in [1.29, 1.82) is 0 Å². The maximum Gasteiger partial charge on any atom is 0.417 e. The van der Waals surface area contributed by atoms with Crippen LogP contribution in [0.15, 0.2) is 36.4 Å². The van der Waals surface area contributed by atoms with Gasteiger partial charge in [-0.2, -0.15) is 39.5 Å². The third kappa shape index (κ3) is 9.09. The van der Waals surface area contributed by atoms with E-state index in [0.29, 0.717) is 18.2 Å². The summed E-state index contributed by atoms with van der Waals surface area (Å²) in [6, 6.07) is 3.90. The molecular weight excluding hydrogens is 600 g/mol. The molecular formula is C23H15Cl3F9NO2. The minimum absolute atomic E-state index is 0.185.